The number of hydrogen-bond donors (Lipinski definition) is 4. The maximum Gasteiger partial charge on any atom is 0.328 e. The first-order valence-corrected chi connectivity index (χ1v) is 17.7. The lowest BCUT2D eigenvalue weighted by Crippen LogP contribution is -2.51. The molecular weight excluding hydrogens is 570 g/mol. The van der Waals surface area contributed by atoms with Gasteiger partial charge in [0, 0.05) is 13.0 Å². The Kier molecular flexibility index (Phi) is 21.4. The molecule has 0 radical (unpaired) electrons. The number of carboxylic acids is 1. The predicted molar refractivity (Wildman–Crippen MR) is 170 cm³/mol. The Balaban J connectivity index is 2.11. The van der Waals surface area contributed by atoms with Crippen LogP contribution in [0.1, 0.15) is 115 Å². The lowest BCUT2D eigenvalue weighted by molar-refractivity contribution is -0.142. The minimum Gasteiger partial charge on any atom is -0.480 e. The highest BCUT2D eigenvalue weighted by Gasteiger charge is 2.26. The van der Waals surface area contributed by atoms with Crippen LogP contribution in [0, 0.1) is 0 Å². The number of carboxylic acid groups (broad SMARTS) is 1. The summed E-state index contributed by atoms with van der Waals surface area (Å²) in [6, 6.07) is 6.38. The summed E-state index contributed by atoms with van der Waals surface area (Å²) in [5, 5.41) is 14.2. The molecule has 0 saturated carbocycles. The number of nitrogens with one attached hydrogen (secondary N) is 2. The largest absolute Gasteiger partial charge is 0.480 e. The van der Waals surface area contributed by atoms with Gasteiger partial charge in [-0.1, -0.05) is 127 Å². The molecule has 0 spiro atoms. The van der Waals surface area contributed by atoms with Crippen molar-refractivity contribution in [1.29, 1.82) is 0 Å². The number of benzene rings is 1. The summed E-state index contributed by atoms with van der Waals surface area (Å²) in [6.45, 7) is 1.32. The predicted octanol–water partition coefficient (Wildman–Crippen LogP) is 4.85. The number of carbonyl (C=O) groups excluding carboxylic acids is 2. The second kappa shape index (κ2) is 23.9. The molecular formula is C32H55N3O7S. The van der Waals surface area contributed by atoms with Crippen LogP contribution < -0.4 is 16.4 Å². The van der Waals surface area contributed by atoms with Crippen LogP contribution in [0.15, 0.2) is 30.3 Å². The molecule has 43 heavy (non-hydrogen) atoms. The average Bonchev–Trinajstić information content (AvgIpc) is 2.97. The van der Waals surface area contributed by atoms with Gasteiger partial charge in [0.05, 0.1) is 18.4 Å². The quantitative estimate of drug-likeness (QED) is 0.0796. The third kappa shape index (κ3) is 20.9. The van der Waals surface area contributed by atoms with Crippen molar-refractivity contribution in [1.82, 2.24) is 10.6 Å². The molecule has 2 amide bonds. The first kappa shape index (κ1) is 38.5. The van der Waals surface area contributed by atoms with Gasteiger partial charge in [-0.2, -0.15) is 8.42 Å². The molecule has 5 N–H and O–H groups in total. The smallest absolute Gasteiger partial charge is 0.328 e. The second-order valence-electron chi connectivity index (χ2n) is 11.3. The third-order valence-electron chi connectivity index (χ3n) is 7.35. The lowest BCUT2D eigenvalue weighted by Gasteiger charge is -2.18. The molecule has 0 aromatic heterocycles. The molecule has 11 heteroatoms. The van der Waals surface area contributed by atoms with Gasteiger partial charge in [0.25, 0.3) is 10.1 Å². The molecule has 10 nitrogen and oxygen atoms in total. The van der Waals surface area contributed by atoms with E-state index < -0.39 is 46.4 Å². The molecule has 246 valence electrons. The van der Waals surface area contributed by atoms with Crippen LogP contribution in [0.5, 0.6) is 0 Å². The summed E-state index contributed by atoms with van der Waals surface area (Å²) >= 11 is 0. The van der Waals surface area contributed by atoms with Gasteiger partial charge in [0.1, 0.15) is 0 Å². The van der Waals surface area contributed by atoms with Gasteiger partial charge in [-0.25, -0.2) is 4.79 Å². The van der Waals surface area contributed by atoms with Gasteiger partial charge in [0.15, 0.2) is 6.04 Å². The van der Waals surface area contributed by atoms with Crippen LogP contribution in [0.4, 0.5) is 0 Å². The zero-order valence-electron chi connectivity index (χ0n) is 26.1. The Morgan fingerprint density at radius 3 is 1.86 bits per heavy atom. The molecule has 0 aliphatic rings. The fourth-order valence-corrected chi connectivity index (χ4v) is 5.52. The number of nitrogens with two attached hydrogens (primary N) is 1. The van der Waals surface area contributed by atoms with Crippen LogP contribution in [-0.4, -0.2) is 62.3 Å². The van der Waals surface area contributed by atoms with E-state index in [1.807, 2.05) is 6.07 Å². The zero-order chi connectivity index (χ0) is 31.8. The van der Waals surface area contributed by atoms with Crippen molar-refractivity contribution in [2.75, 3.05) is 18.9 Å². The standard InChI is InChI=1S/C32H55N3O7S/c1-2-3-4-5-6-7-8-9-10-11-12-13-14-15-19-22-30(36)34-23-24-43(40,41)42-26-29(32(38)39)35-31(37)28(33)25-27-20-17-16-18-21-27/h16-18,20-21,28-29H,2-15,19,22-26,33H2,1H3,(H,34,36)(H,35,37)(H,38,39)/t28-,29-/m0/s1. The van der Waals surface area contributed by atoms with Crippen molar-refractivity contribution in [3.8, 4) is 0 Å². The van der Waals surface area contributed by atoms with E-state index in [9.17, 15) is 27.9 Å². The van der Waals surface area contributed by atoms with E-state index in [1.165, 1.54) is 77.0 Å². The van der Waals surface area contributed by atoms with Gasteiger partial charge >= 0.3 is 5.97 Å². The van der Waals surface area contributed by atoms with Gasteiger partial charge < -0.3 is 21.5 Å². The van der Waals surface area contributed by atoms with Crippen molar-refractivity contribution >= 4 is 27.9 Å². The van der Waals surface area contributed by atoms with Crippen LogP contribution in [0.25, 0.3) is 0 Å². The van der Waals surface area contributed by atoms with E-state index in [2.05, 4.69) is 17.6 Å². The molecule has 1 rings (SSSR count). The van der Waals surface area contributed by atoms with Gasteiger partial charge in [-0.3, -0.25) is 13.8 Å². The maximum absolute atomic E-state index is 12.3. The first-order valence-electron chi connectivity index (χ1n) is 16.1. The molecule has 1 aromatic carbocycles. The Labute approximate surface area is 259 Å². The van der Waals surface area contributed by atoms with Gasteiger partial charge in [0.2, 0.25) is 11.8 Å². The maximum atomic E-state index is 12.3. The highest BCUT2D eigenvalue weighted by molar-refractivity contribution is 7.86. The number of unbranched alkanes of at least 4 members (excludes halogenated alkanes) is 14. The zero-order valence-corrected chi connectivity index (χ0v) is 26.9. The summed E-state index contributed by atoms with van der Waals surface area (Å²) in [5.74, 6) is -2.92. The highest BCUT2D eigenvalue weighted by Crippen LogP contribution is 2.13. The third-order valence-corrected chi connectivity index (χ3v) is 8.55. The second-order valence-corrected chi connectivity index (χ2v) is 13.1. The van der Waals surface area contributed by atoms with E-state index in [1.54, 1.807) is 24.3 Å². The van der Waals surface area contributed by atoms with Crippen molar-refractivity contribution < 1.29 is 32.1 Å². The first-order chi connectivity index (χ1) is 20.6. The topological polar surface area (TPSA) is 165 Å². The van der Waals surface area contributed by atoms with E-state index in [0.717, 1.165) is 24.8 Å². The van der Waals surface area contributed by atoms with Crippen LogP contribution >= 0.6 is 0 Å². The van der Waals surface area contributed by atoms with Crippen molar-refractivity contribution in [2.45, 2.75) is 128 Å². The van der Waals surface area contributed by atoms with Gasteiger partial charge in [-0.15, -0.1) is 0 Å². The average molecular weight is 626 g/mol. The molecule has 0 heterocycles. The van der Waals surface area contributed by atoms with Crippen LogP contribution in [-0.2, 0) is 35.1 Å². The van der Waals surface area contributed by atoms with Crippen LogP contribution in [0.3, 0.4) is 0 Å². The Hall–Kier alpha value is -2.50. The fourth-order valence-electron chi connectivity index (χ4n) is 4.71. The van der Waals surface area contributed by atoms with E-state index in [-0.39, 0.29) is 18.9 Å². The molecule has 0 aliphatic carbocycles. The lowest BCUT2D eigenvalue weighted by atomic mass is 10.0. The Bertz CT molecular complexity index is 1010. The summed E-state index contributed by atoms with van der Waals surface area (Å²) in [6.07, 6.45) is 19.1. The summed E-state index contributed by atoms with van der Waals surface area (Å²) in [4.78, 5) is 35.9. The summed E-state index contributed by atoms with van der Waals surface area (Å²) in [5.41, 5.74) is 6.68. The number of hydrogen-bond acceptors (Lipinski definition) is 7. The Morgan fingerprint density at radius 1 is 0.837 bits per heavy atom. The molecule has 2 atom stereocenters. The molecule has 0 aliphatic heterocycles. The molecule has 0 bridgehead atoms. The van der Waals surface area contributed by atoms with Crippen molar-refractivity contribution in [3.63, 3.8) is 0 Å². The number of aliphatic carboxylic acids is 1. The Morgan fingerprint density at radius 2 is 1.35 bits per heavy atom. The number of carbonyl (C=O) groups is 3. The van der Waals surface area contributed by atoms with E-state index in [4.69, 9.17) is 9.92 Å². The monoisotopic (exact) mass is 625 g/mol. The molecule has 1 aromatic rings. The van der Waals surface area contributed by atoms with Gasteiger partial charge in [-0.05, 0) is 18.4 Å². The molecule has 0 unspecified atom stereocenters. The summed E-state index contributed by atoms with van der Waals surface area (Å²) in [7, 11) is -4.12. The number of amides is 2. The number of rotatable bonds is 27. The van der Waals surface area contributed by atoms with Crippen molar-refractivity contribution in [3.05, 3.63) is 35.9 Å². The normalized spacial score (nSPS) is 12.9. The fraction of sp³-hybridized carbons (Fsp3) is 0.719. The summed E-state index contributed by atoms with van der Waals surface area (Å²) < 4.78 is 29.2. The minimum atomic E-state index is -4.12. The van der Waals surface area contributed by atoms with Crippen molar-refractivity contribution in [2.24, 2.45) is 5.73 Å². The van der Waals surface area contributed by atoms with Crippen LogP contribution in [0.2, 0.25) is 0 Å². The van der Waals surface area contributed by atoms with E-state index in [0.29, 0.717) is 6.42 Å². The van der Waals surface area contributed by atoms with E-state index >= 15 is 0 Å². The molecule has 0 saturated heterocycles. The SMILES string of the molecule is CCCCCCCCCCCCCCCCCC(=O)NCCS(=O)(=O)OC[C@H](NC(=O)[C@@H](N)Cc1ccccc1)C(=O)O. The minimum absolute atomic E-state index is 0.147. The highest BCUT2D eigenvalue weighted by atomic mass is 32.2. The molecule has 0 fully saturated rings.